The van der Waals surface area contributed by atoms with Crippen LogP contribution in [-0.4, -0.2) is 29.9 Å². The number of nitrogens with one attached hydrogen (secondary N) is 1. The molecule has 112 valence electrons. The lowest BCUT2D eigenvalue weighted by molar-refractivity contribution is -0.122. The Hall–Kier alpha value is -1.29. The number of nitrogens with zero attached hydrogens (tertiary/aromatic N) is 1. The maximum Gasteiger partial charge on any atom is 0.221 e. The molecule has 0 spiro atoms. The molecule has 4 heteroatoms. The largest absolute Gasteiger partial charge is 0.468 e. The third-order valence-corrected chi connectivity index (χ3v) is 3.81. The van der Waals surface area contributed by atoms with Gasteiger partial charge in [0.25, 0.3) is 0 Å². The van der Waals surface area contributed by atoms with Gasteiger partial charge in [0.15, 0.2) is 0 Å². The van der Waals surface area contributed by atoms with E-state index in [-0.39, 0.29) is 11.9 Å². The van der Waals surface area contributed by atoms with E-state index in [0.717, 1.165) is 25.3 Å². The van der Waals surface area contributed by atoms with E-state index in [1.165, 1.54) is 19.3 Å². The molecular weight excluding hydrogens is 252 g/mol. The van der Waals surface area contributed by atoms with Gasteiger partial charge in [-0.05, 0) is 45.4 Å². The highest BCUT2D eigenvalue weighted by Crippen LogP contribution is 2.30. The second-order valence-corrected chi connectivity index (χ2v) is 5.89. The Morgan fingerprint density at radius 1 is 1.45 bits per heavy atom. The Labute approximate surface area is 121 Å². The fourth-order valence-electron chi connectivity index (χ4n) is 2.88. The molecule has 0 aliphatic carbocycles. The molecule has 1 aliphatic heterocycles. The topological polar surface area (TPSA) is 45.5 Å². The molecule has 0 saturated carbocycles. The molecule has 4 nitrogen and oxygen atoms in total. The summed E-state index contributed by atoms with van der Waals surface area (Å²) < 4.78 is 5.59. The van der Waals surface area contributed by atoms with Crippen molar-refractivity contribution in [1.29, 1.82) is 0 Å². The summed E-state index contributed by atoms with van der Waals surface area (Å²) in [6.45, 7) is 5.86. The van der Waals surface area contributed by atoms with Gasteiger partial charge in [-0.2, -0.15) is 0 Å². The molecule has 1 saturated heterocycles. The quantitative estimate of drug-likeness (QED) is 0.900. The highest BCUT2D eigenvalue weighted by atomic mass is 16.3. The Bertz CT molecular complexity index is 401. The third-order valence-electron chi connectivity index (χ3n) is 3.81. The molecule has 1 N–H and O–H groups in total. The molecule has 1 unspecified atom stereocenters. The van der Waals surface area contributed by atoms with Gasteiger partial charge in [-0.3, -0.25) is 9.69 Å². The van der Waals surface area contributed by atoms with Gasteiger partial charge in [0.05, 0.1) is 12.3 Å². The average molecular weight is 278 g/mol. The first-order valence-corrected chi connectivity index (χ1v) is 7.73. The first-order chi connectivity index (χ1) is 9.66. The van der Waals surface area contributed by atoms with Crippen molar-refractivity contribution in [2.75, 3.05) is 13.1 Å². The van der Waals surface area contributed by atoms with Crippen LogP contribution in [0, 0.1) is 0 Å². The third kappa shape index (κ3) is 4.37. The maximum atomic E-state index is 11.8. The number of carbonyl (C=O) groups is 1. The predicted octanol–water partition coefficient (Wildman–Crippen LogP) is 3.11. The molecule has 1 aromatic heterocycles. The van der Waals surface area contributed by atoms with Crippen LogP contribution in [0.15, 0.2) is 22.8 Å². The van der Waals surface area contributed by atoms with E-state index in [9.17, 15) is 4.79 Å². The minimum absolute atomic E-state index is 0.141. The van der Waals surface area contributed by atoms with Crippen LogP contribution in [0.5, 0.6) is 0 Å². The molecule has 1 amide bonds. The summed E-state index contributed by atoms with van der Waals surface area (Å²) in [5.74, 6) is 1.18. The monoisotopic (exact) mass is 278 g/mol. The van der Waals surface area contributed by atoms with Gasteiger partial charge in [-0.15, -0.1) is 0 Å². The van der Waals surface area contributed by atoms with Crippen molar-refractivity contribution in [3.63, 3.8) is 0 Å². The van der Waals surface area contributed by atoms with Crippen LogP contribution in [0.25, 0.3) is 0 Å². The normalized spacial score (nSPS) is 20.9. The summed E-state index contributed by atoms with van der Waals surface area (Å²) in [5.41, 5.74) is 0. The molecule has 0 radical (unpaired) electrons. The maximum absolute atomic E-state index is 11.8. The fourth-order valence-corrected chi connectivity index (χ4v) is 2.88. The molecule has 2 heterocycles. The summed E-state index contributed by atoms with van der Waals surface area (Å²) in [4.78, 5) is 14.2. The molecule has 1 atom stereocenters. The van der Waals surface area contributed by atoms with Crippen molar-refractivity contribution in [3.8, 4) is 0 Å². The highest BCUT2D eigenvalue weighted by Gasteiger charge is 2.24. The summed E-state index contributed by atoms with van der Waals surface area (Å²) >= 11 is 0. The fraction of sp³-hybridized carbons (Fsp3) is 0.688. The lowest BCUT2D eigenvalue weighted by Gasteiger charge is -2.28. The molecular formula is C16H26N2O2. The summed E-state index contributed by atoms with van der Waals surface area (Å²) in [7, 11) is 0. The zero-order chi connectivity index (χ0) is 14.4. The Morgan fingerprint density at radius 2 is 2.30 bits per heavy atom. The zero-order valence-corrected chi connectivity index (χ0v) is 12.6. The van der Waals surface area contributed by atoms with E-state index in [2.05, 4.69) is 16.3 Å². The molecule has 1 aromatic rings. The highest BCUT2D eigenvalue weighted by molar-refractivity contribution is 5.76. The van der Waals surface area contributed by atoms with E-state index in [1.807, 2.05) is 19.9 Å². The van der Waals surface area contributed by atoms with Gasteiger partial charge in [-0.1, -0.05) is 12.8 Å². The standard InChI is InChI=1S/C16H26N2O2/c1-13(2)17-16(19)9-11-18-10-5-3-4-7-14(18)15-8-6-12-20-15/h6,8,12-14H,3-5,7,9-11H2,1-2H3,(H,17,19). The van der Waals surface area contributed by atoms with Crippen molar-refractivity contribution in [1.82, 2.24) is 10.2 Å². The zero-order valence-electron chi connectivity index (χ0n) is 12.6. The molecule has 0 aromatic carbocycles. The van der Waals surface area contributed by atoms with E-state index in [1.54, 1.807) is 6.26 Å². The van der Waals surface area contributed by atoms with E-state index < -0.39 is 0 Å². The van der Waals surface area contributed by atoms with Crippen LogP contribution in [0.4, 0.5) is 0 Å². The second-order valence-electron chi connectivity index (χ2n) is 5.89. The first-order valence-electron chi connectivity index (χ1n) is 7.73. The van der Waals surface area contributed by atoms with Crippen LogP contribution in [0.3, 0.4) is 0 Å². The summed E-state index contributed by atoms with van der Waals surface area (Å²) in [6, 6.07) is 4.55. The van der Waals surface area contributed by atoms with Crippen LogP contribution in [0.1, 0.15) is 57.8 Å². The Morgan fingerprint density at radius 3 is 3.00 bits per heavy atom. The molecule has 1 aliphatic rings. The minimum atomic E-state index is 0.141. The van der Waals surface area contributed by atoms with Crippen molar-refractivity contribution < 1.29 is 9.21 Å². The number of hydrogen-bond donors (Lipinski definition) is 1. The van der Waals surface area contributed by atoms with Gasteiger partial charge < -0.3 is 9.73 Å². The van der Waals surface area contributed by atoms with Crippen LogP contribution in [0.2, 0.25) is 0 Å². The number of furan rings is 1. The lowest BCUT2D eigenvalue weighted by Crippen LogP contribution is -2.35. The van der Waals surface area contributed by atoms with Crippen LogP contribution in [-0.2, 0) is 4.79 Å². The minimum Gasteiger partial charge on any atom is -0.468 e. The van der Waals surface area contributed by atoms with Gasteiger partial charge in [-0.25, -0.2) is 0 Å². The summed E-state index contributed by atoms with van der Waals surface area (Å²) in [6.07, 6.45) is 7.15. The van der Waals surface area contributed by atoms with Crippen molar-refractivity contribution in [2.45, 2.75) is 58.0 Å². The van der Waals surface area contributed by atoms with Crippen molar-refractivity contribution >= 4 is 5.91 Å². The van der Waals surface area contributed by atoms with E-state index in [0.29, 0.717) is 12.5 Å². The molecule has 2 rings (SSSR count). The number of amides is 1. The number of likely N-dealkylation sites (tertiary alicyclic amines) is 1. The average Bonchev–Trinajstić information content (AvgIpc) is 2.81. The molecule has 1 fully saturated rings. The van der Waals surface area contributed by atoms with Gasteiger partial charge >= 0.3 is 0 Å². The SMILES string of the molecule is CC(C)NC(=O)CCN1CCCCCC1c1ccco1. The van der Waals surface area contributed by atoms with Gasteiger partial charge in [0.2, 0.25) is 5.91 Å². The first kappa shape index (κ1) is 15.1. The number of hydrogen-bond acceptors (Lipinski definition) is 3. The second kappa shape index (κ2) is 7.48. The van der Waals surface area contributed by atoms with Gasteiger partial charge in [0, 0.05) is 19.0 Å². The summed E-state index contributed by atoms with van der Waals surface area (Å²) in [5, 5.41) is 2.96. The molecule has 0 bridgehead atoms. The molecule has 20 heavy (non-hydrogen) atoms. The Kier molecular flexibility index (Phi) is 5.65. The van der Waals surface area contributed by atoms with Crippen molar-refractivity contribution in [2.24, 2.45) is 0 Å². The van der Waals surface area contributed by atoms with E-state index in [4.69, 9.17) is 4.42 Å². The van der Waals surface area contributed by atoms with Crippen LogP contribution < -0.4 is 5.32 Å². The lowest BCUT2D eigenvalue weighted by atomic mass is 10.1. The Balaban J connectivity index is 1.93. The van der Waals surface area contributed by atoms with Gasteiger partial charge in [0.1, 0.15) is 5.76 Å². The van der Waals surface area contributed by atoms with E-state index >= 15 is 0 Å². The van der Waals surface area contributed by atoms with Crippen molar-refractivity contribution in [3.05, 3.63) is 24.2 Å². The van der Waals surface area contributed by atoms with Crippen LogP contribution >= 0.6 is 0 Å². The smallest absolute Gasteiger partial charge is 0.221 e. The number of rotatable bonds is 5. The number of carbonyl (C=O) groups excluding carboxylic acids is 1. The predicted molar refractivity (Wildman–Crippen MR) is 79.4 cm³/mol.